The maximum absolute atomic E-state index is 12.2. The van der Waals surface area contributed by atoms with Crippen LogP contribution >= 0.6 is 0 Å². The Bertz CT molecular complexity index is 501. The van der Waals surface area contributed by atoms with Gasteiger partial charge in [0, 0.05) is 25.3 Å². The Hall–Kier alpha value is -1.17. The summed E-state index contributed by atoms with van der Waals surface area (Å²) in [6, 6.07) is 2.07. The molecule has 1 rings (SSSR count). The molecule has 0 spiro atoms. The quantitative estimate of drug-likeness (QED) is 0.728. The van der Waals surface area contributed by atoms with Crippen LogP contribution in [0.3, 0.4) is 0 Å². The molecule has 0 atom stereocenters. The van der Waals surface area contributed by atoms with Gasteiger partial charge < -0.3 is 10.1 Å². The minimum absolute atomic E-state index is 0.114. The van der Waals surface area contributed by atoms with Gasteiger partial charge >= 0.3 is 0 Å². The summed E-state index contributed by atoms with van der Waals surface area (Å²) in [6.45, 7) is 4.20. The molecule has 2 N–H and O–H groups in total. The lowest BCUT2D eigenvalue weighted by Gasteiger charge is -2.31. The number of carbonyl (C=O) groups excluding carboxylic acids is 1. The zero-order chi connectivity index (χ0) is 15.4. The normalized spacial score (nSPS) is 19.1. The molecular weight excluding hydrogens is 282 g/mol. The average Bonchev–Trinajstić information content (AvgIpc) is 2.34. The summed E-state index contributed by atoms with van der Waals surface area (Å²) in [6.07, 6.45) is 1.77. The lowest BCUT2D eigenvalue weighted by Crippen LogP contribution is -2.54. The van der Waals surface area contributed by atoms with Gasteiger partial charge in [-0.3, -0.25) is 4.79 Å². The largest absolute Gasteiger partial charge is 0.381 e. The van der Waals surface area contributed by atoms with Gasteiger partial charge in [-0.15, -0.1) is 0 Å². The number of hydrogen-bond donors (Lipinski definition) is 2. The van der Waals surface area contributed by atoms with Gasteiger partial charge in [-0.2, -0.15) is 5.26 Å². The first-order chi connectivity index (χ1) is 9.10. The monoisotopic (exact) mass is 303 g/mol. The summed E-state index contributed by atoms with van der Waals surface area (Å²) >= 11 is 0. The third-order valence-electron chi connectivity index (χ3n) is 3.15. The molecule has 0 saturated carbocycles. The first-order valence-corrected chi connectivity index (χ1v) is 8.26. The second-order valence-corrected chi connectivity index (χ2v) is 7.50. The number of hydrogen-bond acceptors (Lipinski definition) is 5. The van der Waals surface area contributed by atoms with Gasteiger partial charge in [-0.1, -0.05) is 0 Å². The predicted octanol–water partition coefficient (Wildman–Crippen LogP) is -0.249. The topological polar surface area (TPSA) is 108 Å². The van der Waals surface area contributed by atoms with Crippen LogP contribution in [0.15, 0.2) is 0 Å². The molecule has 7 nitrogen and oxygen atoms in total. The van der Waals surface area contributed by atoms with Crippen molar-refractivity contribution in [3.8, 4) is 6.07 Å². The third kappa shape index (κ3) is 4.74. The van der Waals surface area contributed by atoms with Gasteiger partial charge in [-0.25, -0.2) is 13.1 Å². The molecule has 20 heavy (non-hydrogen) atoms. The molecule has 0 aromatic rings. The van der Waals surface area contributed by atoms with Crippen LogP contribution < -0.4 is 10.0 Å². The fourth-order valence-electron chi connectivity index (χ4n) is 2.12. The van der Waals surface area contributed by atoms with Crippen molar-refractivity contribution in [2.75, 3.05) is 26.0 Å². The van der Waals surface area contributed by atoms with Crippen LogP contribution in [-0.2, 0) is 19.6 Å². The van der Waals surface area contributed by atoms with Gasteiger partial charge in [0.25, 0.3) is 0 Å². The second kappa shape index (κ2) is 6.08. The van der Waals surface area contributed by atoms with E-state index in [0.29, 0.717) is 26.1 Å². The maximum Gasteiger partial charge on any atom is 0.240 e. The molecule has 8 heteroatoms. The van der Waals surface area contributed by atoms with E-state index in [4.69, 9.17) is 4.74 Å². The van der Waals surface area contributed by atoms with Crippen molar-refractivity contribution in [3.63, 3.8) is 0 Å². The first-order valence-electron chi connectivity index (χ1n) is 6.37. The van der Waals surface area contributed by atoms with E-state index in [1.165, 1.54) is 0 Å². The van der Waals surface area contributed by atoms with Crippen LogP contribution in [0.4, 0.5) is 0 Å². The van der Waals surface area contributed by atoms with Gasteiger partial charge in [0.1, 0.15) is 5.41 Å². The van der Waals surface area contributed by atoms with Crippen molar-refractivity contribution >= 4 is 15.9 Å². The van der Waals surface area contributed by atoms with Gasteiger partial charge in [-0.05, 0) is 26.7 Å². The number of amides is 1. The van der Waals surface area contributed by atoms with Crippen LogP contribution in [0.5, 0.6) is 0 Å². The molecule has 0 radical (unpaired) electrons. The summed E-state index contributed by atoms with van der Waals surface area (Å²) in [4.78, 5) is 12.2. The van der Waals surface area contributed by atoms with Crippen molar-refractivity contribution in [3.05, 3.63) is 0 Å². The van der Waals surface area contributed by atoms with Gasteiger partial charge in [0.15, 0.2) is 0 Å². The predicted molar refractivity (Wildman–Crippen MR) is 73.2 cm³/mol. The smallest absolute Gasteiger partial charge is 0.240 e. The standard InChI is InChI=1S/C12H21N3O4S/c1-11(2,15-20(3,17)18)9-14-10(16)12(8-13)4-6-19-7-5-12/h15H,4-7,9H2,1-3H3,(H,14,16). The van der Waals surface area contributed by atoms with Crippen molar-refractivity contribution < 1.29 is 17.9 Å². The van der Waals surface area contributed by atoms with Crippen molar-refractivity contribution in [1.29, 1.82) is 5.26 Å². The van der Waals surface area contributed by atoms with E-state index in [9.17, 15) is 18.5 Å². The molecule has 1 aliphatic heterocycles. The summed E-state index contributed by atoms with van der Waals surface area (Å²) in [5.41, 5.74) is -1.88. The van der Waals surface area contributed by atoms with Crippen LogP contribution in [0.25, 0.3) is 0 Å². The number of carbonyl (C=O) groups is 1. The zero-order valence-electron chi connectivity index (χ0n) is 12.0. The average molecular weight is 303 g/mol. The van der Waals surface area contributed by atoms with Crippen LogP contribution in [0.1, 0.15) is 26.7 Å². The Morgan fingerprint density at radius 1 is 1.40 bits per heavy atom. The molecule has 1 saturated heterocycles. The Morgan fingerprint density at radius 3 is 2.40 bits per heavy atom. The fraction of sp³-hybridized carbons (Fsp3) is 0.833. The van der Waals surface area contributed by atoms with E-state index < -0.39 is 21.0 Å². The van der Waals surface area contributed by atoms with Crippen molar-refractivity contribution in [2.45, 2.75) is 32.2 Å². The maximum atomic E-state index is 12.2. The minimum atomic E-state index is -3.36. The van der Waals surface area contributed by atoms with E-state index in [1.807, 2.05) is 0 Å². The SMILES string of the molecule is CC(C)(CNC(=O)C1(C#N)CCOCC1)NS(C)(=O)=O. The summed E-state index contributed by atoms with van der Waals surface area (Å²) in [5, 5.41) is 11.9. The number of sulfonamides is 1. The van der Waals surface area contributed by atoms with Crippen molar-refractivity contribution in [1.82, 2.24) is 10.0 Å². The Labute approximate surface area is 119 Å². The molecule has 0 aromatic carbocycles. The first kappa shape index (κ1) is 16.9. The molecule has 1 amide bonds. The minimum Gasteiger partial charge on any atom is -0.381 e. The van der Waals surface area contributed by atoms with E-state index in [1.54, 1.807) is 13.8 Å². The molecule has 1 fully saturated rings. The van der Waals surface area contributed by atoms with Gasteiger partial charge in [0.2, 0.25) is 15.9 Å². The number of nitrogens with one attached hydrogen (secondary N) is 2. The number of rotatable bonds is 5. The lowest BCUT2D eigenvalue weighted by atomic mass is 9.80. The highest BCUT2D eigenvalue weighted by Crippen LogP contribution is 2.29. The Balaban J connectivity index is 2.64. The third-order valence-corrected chi connectivity index (χ3v) is 4.07. The Kier molecular flexibility index (Phi) is 5.13. The van der Waals surface area contributed by atoms with E-state index in [2.05, 4.69) is 16.1 Å². The molecule has 0 unspecified atom stereocenters. The summed E-state index contributed by atoms with van der Waals surface area (Å²) in [7, 11) is -3.36. The zero-order valence-corrected chi connectivity index (χ0v) is 12.8. The molecular formula is C12H21N3O4S. The highest BCUT2D eigenvalue weighted by Gasteiger charge is 2.41. The molecule has 1 aliphatic rings. The number of ether oxygens (including phenoxy) is 1. The van der Waals surface area contributed by atoms with Gasteiger partial charge in [0.05, 0.1) is 12.3 Å². The Morgan fingerprint density at radius 2 is 1.95 bits per heavy atom. The van der Waals surface area contributed by atoms with E-state index in [0.717, 1.165) is 6.26 Å². The lowest BCUT2D eigenvalue weighted by molar-refractivity contribution is -0.132. The number of nitrogens with zero attached hydrogens (tertiary/aromatic N) is 1. The number of nitriles is 1. The van der Waals surface area contributed by atoms with Crippen LogP contribution in [0, 0.1) is 16.7 Å². The second-order valence-electron chi connectivity index (χ2n) is 5.75. The fourth-order valence-corrected chi connectivity index (χ4v) is 3.19. The highest BCUT2D eigenvalue weighted by molar-refractivity contribution is 7.88. The molecule has 114 valence electrons. The molecule has 0 bridgehead atoms. The van der Waals surface area contributed by atoms with E-state index >= 15 is 0 Å². The highest BCUT2D eigenvalue weighted by atomic mass is 32.2. The molecule has 1 heterocycles. The summed E-state index contributed by atoms with van der Waals surface area (Å²) < 4.78 is 30.0. The molecule has 0 aliphatic carbocycles. The van der Waals surface area contributed by atoms with Crippen molar-refractivity contribution in [2.24, 2.45) is 5.41 Å². The van der Waals surface area contributed by atoms with Crippen LogP contribution in [0.2, 0.25) is 0 Å². The summed E-state index contributed by atoms with van der Waals surface area (Å²) in [5.74, 6) is -0.369. The van der Waals surface area contributed by atoms with Crippen LogP contribution in [-0.4, -0.2) is 45.9 Å². The van der Waals surface area contributed by atoms with E-state index in [-0.39, 0.29) is 12.5 Å². The molecule has 0 aromatic heterocycles.